The lowest BCUT2D eigenvalue weighted by molar-refractivity contribution is 0.139. The summed E-state index contributed by atoms with van der Waals surface area (Å²) in [6.07, 6.45) is 0.672. The molecule has 0 bridgehead atoms. The topological polar surface area (TPSA) is 109 Å². The molecule has 4 rings (SSSR count). The van der Waals surface area contributed by atoms with Crippen molar-refractivity contribution >= 4 is 22.7 Å². The van der Waals surface area contributed by atoms with Crippen molar-refractivity contribution < 1.29 is 13.9 Å². The van der Waals surface area contributed by atoms with Crippen molar-refractivity contribution in [3.63, 3.8) is 0 Å². The molecule has 7 nitrogen and oxygen atoms in total. The van der Waals surface area contributed by atoms with Crippen molar-refractivity contribution in [3.05, 3.63) is 36.1 Å². The lowest BCUT2D eigenvalue weighted by atomic mass is 10.1. The molecule has 3 aromatic rings. The van der Waals surface area contributed by atoms with Crippen LogP contribution in [0.1, 0.15) is 6.42 Å². The molecular formula is C17H16FN5O2. The van der Waals surface area contributed by atoms with Gasteiger partial charge in [-0.1, -0.05) is 6.07 Å². The Morgan fingerprint density at radius 1 is 1.12 bits per heavy atom. The predicted octanol–water partition coefficient (Wildman–Crippen LogP) is 2.16. The summed E-state index contributed by atoms with van der Waals surface area (Å²) >= 11 is 0. The molecule has 1 aliphatic rings. The summed E-state index contributed by atoms with van der Waals surface area (Å²) in [4.78, 5) is 12.9. The van der Waals surface area contributed by atoms with Gasteiger partial charge in [-0.3, -0.25) is 0 Å². The fourth-order valence-corrected chi connectivity index (χ4v) is 2.70. The quantitative estimate of drug-likeness (QED) is 0.703. The number of hydrogen-bond acceptors (Lipinski definition) is 7. The van der Waals surface area contributed by atoms with E-state index in [0.717, 1.165) is 6.42 Å². The van der Waals surface area contributed by atoms with Gasteiger partial charge in [-0.05, 0) is 24.3 Å². The molecule has 8 heteroatoms. The van der Waals surface area contributed by atoms with Crippen molar-refractivity contribution in [1.29, 1.82) is 0 Å². The maximum Gasteiger partial charge on any atom is 0.245 e. The summed E-state index contributed by atoms with van der Waals surface area (Å²) in [6, 6.07) is 8.04. The zero-order valence-corrected chi connectivity index (χ0v) is 13.3. The number of benzene rings is 1. The van der Waals surface area contributed by atoms with Crippen LogP contribution >= 0.6 is 0 Å². The number of hydrogen-bond donors (Lipinski definition) is 2. The molecule has 1 atom stereocenters. The molecule has 4 N–H and O–H groups in total. The van der Waals surface area contributed by atoms with E-state index in [4.69, 9.17) is 20.9 Å². The second-order valence-corrected chi connectivity index (χ2v) is 5.79. The number of rotatable bonds is 3. The molecule has 1 saturated heterocycles. The highest BCUT2D eigenvalue weighted by atomic mass is 19.1. The zero-order valence-electron chi connectivity index (χ0n) is 13.3. The fraction of sp³-hybridized carbons (Fsp3) is 0.235. The second-order valence-electron chi connectivity index (χ2n) is 5.79. The van der Waals surface area contributed by atoms with Crippen LogP contribution in [0, 0.1) is 5.82 Å². The van der Waals surface area contributed by atoms with E-state index < -0.39 is 5.82 Å². The zero-order chi connectivity index (χ0) is 17.4. The Morgan fingerprint density at radius 2 is 2.00 bits per heavy atom. The van der Waals surface area contributed by atoms with E-state index in [1.807, 2.05) is 0 Å². The second kappa shape index (κ2) is 6.14. The molecule has 3 heterocycles. The van der Waals surface area contributed by atoms with Crippen molar-refractivity contribution in [3.8, 4) is 17.1 Å². The van der Waals surface area contributed by atoms with E-state index >= 15 is 0 Å². The molecule has 25 heavy (non-hydrogen) atoms. The van der Waals surface area contributed by atoms with Gasteiger partial charge in [-0.15, -0.1) is 0 Å². The van der Waals surface area contributed by atoms with Crippen LogP contribution in [-0.4, -0.2) is 34.3 Å². The van der Waals surface area contributed by atoms with Crippen LogP contribution in [0.2, 0.25) is 0 Å². The van der Waals surface area contributed by atoms with E-state index in [1.165, 1.54) is 12.1 Å². The molecule has 128 valence electrons. The maximum absolute atomic E-state index is 13.7. The average Bonchev–Trinajstić information content (AvgIpc) is 3.10. The Bertz CT molecular complexity index is 944. The predicted molar refractivity (Wildman–Crippen MR) is 91.4 cm³/mol. The monoisotopic (exact) mass is 341 g/mol. The van der Waals surface area contributed by atoms with Crippen LogP contribution < -0.4 is 16.2 Å². The minimum Gasteiger partial charge on any atom is -0.470 e. The number of ether oxygens (including phenoxy) is 2. The molecule has 0 radical (unpaired) electrons. The van der Waals surface area contributed by atoms with Crippen molar-refractivity contribution in [2.45, 2.75) is 12.5 Å². The summed E-state index contributed by atoms with van der Waals surface area (Å²) in [7, 11) is 0. The van der Waals surface area contributed by atoms with Gasteiger partial charge in [-0.2, -0.15) is 4.98 Å². The Labute approximate surface area is 142 Å². The SMILES string of the molecule is Nc1nc(OC2CCOC2)c2nc(-c3ccc(N)c(F)c3)ccc2n1. The van der Waals surface area contributed by atoms with Crippen LogP contribution in [0.15, 0.2) is 30.3 Å². The molecule has 1 fully saturated rings. The van der Waals surface area contributed by atoms with E-state index in [1.54, 1.807) is 18.2 Å². The third-order valence-electron chi connectivity index (χ3n) is 3.99. The lowest BCUT2D eigenvalue weighted by Gasteiger charge is -2.13. The smallest absolute Gasteiger partial charge is 0.245 e. The normalized spacial score (nSPS) is 17.1. The fourth-order valence-electron chi connectivity index (χ4n) is 2.70. The first kappa shape index (κ1) is 15.5. The summed E-state index contributed by atoms with van der Waals surface area (Å²) in [5.41, 5.74) is 13.6. The average molecular weight is 341 g/mol. The van der Waals surface area contributed by atoms with E-state index in [-0.39, 0.29) is 17.7 Å². The first-order valence-corrected chi connectivity index (χ1v) is 7.84. The number of pyridine rings is 1. The molecule has 0 amide bonds. The van der Waals surface area contributed by atoms with E-state index in [0.29, 0.717) is 41.4 Å². The highest BCUT2D eigenvalue weighted by Crippen LogP contribution is 2.28. The van der Waals surface area contributed by atoms with Crippen molar-refractivity contribution in [1.82, 2.24) is 15.0 Å². The highest BCUT2D eigenvalue weighted by Gasteiger charge is 2.20. The van der Waals surface area contributed by atoms with Gasteiger partial charge in [0, 0.05) is 12.0 Å². The molecule has 0 saturated carbocycles. The van der Waals surface area contributed by atoms with Crippen LogP contribution in [0.3, 0.4) is 0 Å². The van der Waals surface area contributed by atoms with Crippen molar-refractivity contribution in [2.24, 2.45) is 0 Å². The first-order valence-electron chi connectivity index (χ1n) is 7.84. The van der Waals surface area contributed by atoms with Crippen LogP contribution in [0.25, 0.3) is 22.3 Å². The van der Waals surface area contributed by atoms with Gasteiger partial charge in [0.25, 0.3) is 0 Å². The van der Waals surface area contributed by atoms with Gasteiger partial charge < -0.3 is 20.9 Å². The largest absolute Gasteiger partial charge is 0.470 e. The molecule has 1 aromatic carbocycles. The number of aromatic nitrogens is 3. The third-order valence-corrected chi connectivity index (χ3v) is 3.99. The van der Waals surface area contributed by atoms with Gasteiger partial charge in [0.1, 0.15) is 11.9 Å². The standard InChI is InChI=1S/C17H16FN5O2/c18-11-7-9(1-2-12(11)19)13-3-4-14-15(21-13)16(23-17(20)22-14)25-10-5-6-24-8-10/h1-4,7,10H,5-6,8,19H2,(H2,20,22,23). The number of anilines is 2. The first-order chi connectivity index (χ1) is 12.1. The van der Waals surface area contributed by atoms with Crippen LogP contribution in [0.5, 0.6) is 5.88 Å². The molecule has 0 spiro atoms. The molecular weight excluding hydrogens is 325 g/mol. The summed E-state index contributed by atoms with van der Waals surface area (Å²) < 4.78 is 25.0. The van der Waals surface area contributed by atoms with Gasteiger partial charge in [-0.25, -0.2) is 14.4 Å². The van der Waals surface area contributed by atoms with E-state index in [9.17, 15) is 4.39 Å². The van der Waals surface area contributed by atoms with Crippen molar-refractivity contribution in [2.75, 3.05) is 24.7 Å². The maximum atomic E-state index is 13.7. The summed E-state index contributed by atoms with van der Waals surface area (Å²) in [5, 5.41) is 0. The van der Waals surface area contributed by atoms with E-state index in [2.05, 4.69) is 15.0 Å². The van der Waals surface area contributed by atoms with Crippen LogP contribution in [-0.2, 0) is 4.74 Å². The molecule has 1 aliphatic heterocycles. The number of nitrogens with zero attached hydrogens (tertiary/aromatic N) is 3. The van der Waals surface area contributed by atoms with Gasteiger partial charge in [0.15, 0.2) is 5.52 Å². The number of nitrogen functional groups attached to an aromatic ring is 2. The Morgan fingerprint density at radius 3 is 2.76 bits per heavy atom. The lowest BCUT2D eigenvalue weighted by Crippen LogP contribution is -2.17. The minimum atomic E-state index is -0.493. The van der Waals surface area contributed by atoms with Gasteiger partial charge >= 0.3 is 0 Å². The Balaban J connectivity index is 1.79. The minimum absolute atomic E-state index is 0.0888. The van der Waals surface area contributed by atoms with Gasteiger partial charge in [0.2, 0.25) is 11.8 Å². The Kier molecular flexibility index (Phi) is 3.81. The molecule has 1 unspecified atom stereocenters. The molecule has 2 aromatic heterocycles. The Hall–Kier alpha value is -3.00. The molecule has 0 aliphatic carbocycles. The summed E-state index contributed by atoms with van der Waals surface area (Å²) in [6.45, 7) is 1.14. The number of halogens is 1. The third kappa shape index (κ3) is 3.03. The number of nitrogens with two attached hydrogens (primary N) is 2. The van der Waals surface area contributed by atoms with Gasteiger partial charge in [0.05, 0.1) is 30.1 Å². The highest BCUT2D eigenvalue weighted by molar-refractivity contribution is 5.83. The number of fused-ring (bicyclic) bond motifs is 1. The summed E-state index contributed by atoms with van der Waals surface area (Å²) in [5.74, 6) is -0.0854. The van der Waals surface area contributed by atoms with Crippen LogP contribution in [0.4, 0.5) is 16.0 Å².